The summed E-state index contributed by atoms with van der Waals surface area (Å²) in [5.74, 6) is 0. The van der Waals surface area contributed by atoms with Gasteiger partial charge in [0.25, 0.3) is 0 Å². The van der Waals surface area contributed by atoms with Crippen molar-refractivity contribution in [1.29, 1.82) is 0 Å². The number of alkyl halides is 3. The third-order valence-electron chi connectivity index (χ3n) is 3.52. The number of nitrogens with zero attached hydrogens (tertiary/aromatic N) is 1. The molecule has 0 aromatic heterocycles. The van der Waals surface area contributed by atoms with Crippen molar-refractivity contribution in [3.63, 3.8) is 0 Å². The van der Waals surface area contributed by atoms with Crippen LogP contribution in [0, 0.1) is 0 Å². The van der Waals surface area contributed by atoms with Crippen LogP contribution in [0.4, 0.5) is 13.2 Å². The minimum Gasteiger partial charge on any atom is -0.328 e. The Morgan fingerprint density at radius 3 is 1.94 bits per heavy atom. The maximum Gasteiger partial charge on any atom is 0.401 e. The molecule has 2 fully saturated rings. The van der Waals surface area contributed by atoms with Crippen LogP contribution in [0.1, 0.15) is 32.1 Å². The fourth-order valence-corrected chi connectivity index (χ4v) is 2.99. The van der Waals surface area contributed by atoms with E-state index in [0.29, 0.717) is 0 Å². The van der Waals surface area contributed by atoms with Crippen LogP contribution in [0.15, 0.2) is 0 Å². The molecule has 2 aliphatic heterocycles. The van der Waals surface area contributed by atoms with Crippen LogP contribution in [0.2, 0.25) is 0 Å². The molecule has 104 valence electrons. The lowest BCUT2D eigenvalue weighted by atomic mass is 9.82. The molecule has 17 heavy (non-hydrogen) atoms. The summed E-state index contributed by atoms with van der Waals surface area (Å²) >= 11 is 0. The average molecular weight is 295 g/mol. The fourth-order valence-electron chi connectivity index (χ4n) is 2.99. The molecule has 2 aliphatic rings. The maximum atomic E-state index is 12.4. The van der Waals surface area contributed by atoms with Crippen LogP contribution in [-0.2, 0) is 0 Å². The normalized spacial score (nSPS) is 33.5. The summed E-state index contributed by atoms with van der Waals surface area (Å²) in [6.07, 6.45) is 0.186. The van der Waals surface area contributed by atoms with Crippen molar-refractivity contribution < 1.29 is 13.2 Å². The Labute approximate surface area is 112 Å². The predicted molar refractivity (Wildman–Crippen MR) is 65.9 cm³/mol. The monoisotopic (exact) mass is 294 g/mol. The van der Waals surface area contributed by atoms with Crippen molar-refractivity contribution in [1.82, 2.24) is 4.90 Å². The molecule has 0 saturated carbocycles. The molecule has 2 nitrogen and oxygen atoms in total. The van der Waals surface area contributed by atoms with Gasteiger partial charge in [-0.05, 0) is 25.7 Å². The first-order valence-electron chi connectivity index (χ1n) is 5.54. The summed E-state index contributed by atoms with van der Waals surface area (Å²) < 4.78 is 37.1. The molecule has 0 amide bonds. The van der Waals surface area contributed by atoms with E-state index in [0.717, 1.165) is 32.1 Å². The number of rotatable bonds is 1. The average Bonchev–Trinajstić information content (AvgIpc) is 2.04. The molecule has 2 atom stereocenters. The van der Waals surface area contributed by atoms with Gasteiger partial charge >= 0.3 is 6.18 Å². The lowest BCUT2D eigenvalue weighted by Crippen LogP contribution is -2.57. The number of fused-ring (bicyclic) bond motifs is 2. The highest BCUT2D eigenvalue weighted by atomic mass is 35.5. The molecule has 0 aliphatic carbocycles. The second kappa shape index (κ2) is 6.45. The molecular formula is C10H19Cl2F3N2. The van der Waals surface area contributed by atoms with Crippen molar-refractivity contribution in [2.75, 3.05) is 6.54 Å². The molecule has 0 aromatic rings. The summed E-state index contributed by atoms with van der Waals surface area (Å²) in [5, 5.41) is 0. The van der Waals surface area contributed by atoms with E-state index >= 15 is 0 Å². The molecular weight excluding hydrogens is 276 g/mol. The molecule has 2 unspecified atom stereocenters. The number of hydrogen-bond acceptors (Lipinski definition) is 2. The summed E-state index contributed by atoms with van der Waals surface area (Å²) in [5.41, 5.74) is 5.84. The summed E-state index contributed by atoms with van der Waals surface area (Å²) in [7, 11) is 0. The highest BCUT2D eigenvalue weighted by Gasteiger charge is 2.42. The van der Waals surface area contributed by atoms with Crippen LogP contribution in [-0.4, -0.2) is 35.7 Å². The van der Waals surface area contributed by atoms with Crippen molar-refractivity contribution in [3.05, 3.63) is 0 Å². The Kier molecular flexibility index (Phi) is 6.56. The van der Waals surface area contributed by atoms with Crippen molar-refractivity contribution in [2.45, 2.75) is 56.4 Å². The van der Waals surface area contributed by atoms with Crippen molar-refractivity contribution in [2.24, 2.45) is 5.73 Å². The van der Waals surface area contributed by atoms with E-state index < -0.39 is 12.7 Å². The van der Waals surface area contributed by atoms with Gasteiger partial charge in [-0.1, -0.05) is 6.42 Å². The highest BCUT2D eigenvalue weighted by Crippen LogP contribution is 2.35. The molecule has 0 radical (unpaired) electrons. The van der Waals surface area contributed by atoms with Gasteiger partial charge in [0.05, 0.1) is 6.54 Å². The van der Waals surface area contributed by atoms with Gasteiger partial charge in [0, 0.05) is 18.1 Å². The van der Waals surface area contributed by atoms with Gasteiger partial charge in [-0.25, -0.2) is 0 Å². The summed E-state index contributed by atoms with van der Waals surface area (Å²) in [6, 6.07) is 0.230. The predicted octanol–water partition coefficient (Wildman–Crippen LogP) is 2.74. The van der Waals surface area contributed by atoms with Gasteiger partial charge in [-0.3, -0.25) is 4.90 Å². The minimum absolute atomic E-state index is 0. The second-order valence-corrected chi connectivity index (χ2v) is 4.76. The van der Waals surface area contributed by atoms with Crippen molar-refractivity contribution in [3.8, 4) is 0 Å². The molecule has 2 heterocycles. The van der Waals surface area contributed by atoms with E-state index in [2.05, 4.69) is 0 Å². The first-order chi connectivity index (χ1) is 6.96. The maximum absolute atomic E-state index is 12.4. The molecule has 2 rings (SSSR count). The smallest absolute Gasteiger partial charge is 0.328 e. The van der Waals surface area contributed by atoms with E-state index in [1.54, 1.807) is 4.90 Å². The standard InChI is InChI=1S/C10H17F3N2.2ClH/c11-10(12,13)6-15-8-2-1-3-9(15)5-7(14)4-8;;/h7-9H,1-6,14H2;2*1H. The van der Waals surface area contributed by atoms with Gasteiger partial charge in [0.2, 0.25) is 0 Å². The zero-order valence-electron chi connectivity index (χ0n) is 9.45. The number of nitrogens with two attached hydrogens (primary N) is 1. The second-order valence-electron chi connectivity index (χ2n) is 4.76. The first kappa shape index (κ1) is 17.3. The molecule has 2 saturated heterocycles. The molecule has 2 bridgehead atoms. The SMILES string of the molecule is Cl.Cl.NC1CC2CCCC(C1)N2CC(F)(F)F. The van der Waals surface area contributed by atoms with E-state index in [4.69, 9.17) is 5.73 Å². The molecule has 7 heteroatoms. The van der Waals surface area contributed by atoms with Crippen LogP contribution >= 0.6 is 24.8 Å². The Morgan fingerprint density at radius 2 is 1.53 bits per heavy atom. The van der Waals surface area contributed by atoms with Gasteiger partial charge in [0.1, 0.15) is 0 Å². The summed E-state index contributed by atoms with van der Waals surface area (Å²) in [6.45, 7) is -0.755. The zero-order valence-corrected chi connectivity index (χ0v) is 11.1. The Balaban J connectivity index is 0.00000128. The quantitative estimate of drug-likeness (QED) is 0.806. The first-order valence-corrected chi connectivity index (χ1v) is 5.54. The lowest BCUT2D eigenvalue weighted by Gasteiger charge is -2.48. The Morgan fingerprint density at radius 1 is 1.06 bits per heavy atom. The van der Waals surface area contributed by atoms with E-state index in [9.17, 15) is 13.2 Å². The topological polar surface area (TPSA) is 29.3 Å². The third-order valence-corrected chi connectivity index (χ3v) is 3.52. The van der Waals surface area contributed by atoms with Crippen LogP contribution in [0.5, 0.6) is 0 Å². The number of hydrogen-bond donors (Lipinski definition) is 1. The number of piperidine rings is 2. The Hall–Kier alpha value is 0.290. The summed E-state index contributed by atoms with van der Waals surface area (Å²) in [4.78, 5) is 1.63. The largest absolute Gasteiger partial charge is 0.401 e. The zero-order chi connectivity index (χ0) is 11.1. The van der Waals surface area contributed by atoms with Gasteiger partial charge in [-0.2, -0.15) is 13.2 Å². The van der Waals surface area contributed by atoms with E-state index in [-0.39, 0.29) is 42.9 Å². The van der Waals surface area contributed by atoms with Crippen molar-refractivity contribution >= 4 is 24.8 Å². The Bertz CT molecular complexity index is 224. The third kappa shape index (κ3) is 4.47. The van der Waals surface area contributed by atoms with E-state index in [1.807, 2.05) is 0 Å². The van der Waals surface area contributed by atoms with Crippen LogP contribution < -0.4 is 5.73 Å². The number of halogens is 5. The van der Waals surface area contributed by atoms with Crippen LogP contribution in [0.3, 0.4) is 0 Å². The molecule has 2 N–H and O–H groups in total. The minimum atomic E-state index is -4.07. The molecule has 0 aromatic carbocycles. The van der Waals surface area contributed by atoms with E-state index in [1.165, 1.54) is 0 Å². The molecule has 0 spiro atoms. The highest BCUT2D eigenvalue weighted by molar-refractivity contribution is 5.85. The van der Waals surface area contributed by atoms with Gasteiger partial charge in [0.15, 0.2) is 0 Å². The fraction of sp³-hybridized carbons (Fsp3) is 1.00. The van der Waals surface area contributed by atoms with Gasteiger partial charge in [-0.15, -0.1) is 24.8 Å². The van der Waals surface area contributed by atoms with Gasteiger partial charge < -0.3 is 5.73 Å². The van der Waals surface area contributed by atoms with Crippen LogP contribution in [0.25, 0.3) is 0 Å². The lowest BCUT2D eigenvalue weighted by molar-refractivity contribution is -0.166.